The van der Waals surface area contributed by atoms with E-state index in [0.29, 0.717) is 30.5 Å². The van der Waals surface area contributed by atoms with E-state index in [-0.39, 0.29) is 18.2 Å². The lowest BCUT2D eigenvalue weighted by Crippen LogP contribution is -2.50. The first-order chi connectivity index (χ1) is 14.3. The van der Waals surface area contributed by atoms with E-state index in [2.05, 4.69) is 5.32 Å². The van der Waals surface area contributed by atoms with Gasteiger partial charge < -0.3 is 15.0 Å². The van der Waals surface area contributed by atoms with E-state index in [1.54, 1.807) is 18.1 Å². The Morgan fingerprint density at radius 1 is 1.10 bits per heavy atom. The molecule has 0 bridgehead atoms. The maximum Gasteiger partial charge on any atom is 0.242 e. The van der Waals surface area contributed by atoms with Crippen LogP contribution in [0.2, 0.25) is 5.02 Å². The molecule has 6 heteroatoms. The van der Waals surface area contributed by atoms with Gasteiger partial charge >= 0.3 is 0 Å². The second kappa shape index (κ2) is 11.6. The van der Waals surface area contributed by atoms with Crippen LogP contribution in [0.25, 0.3) is 0 Å². The van der Waals surface area contributed by atoms with Crippen LogP contribution in [0, 0.1) is 5.92 Å². The normalized spacial score (nSPS) is 11.8. The molecule has 162 valence electrons. The minimum absolute atomic E-state index is 0.132. The SMILES string of the molecule is CCC(C(=O)NCC(C)C)N(Cc1ccc(OC)cc1)C(=O)Cc1ccccc1Cl. The fourth-order valence-corrected chi connectivity index (χ4v) is 3.38. The maximum atomic E-state index is 13.3. The fraction of sp³-hybridized carbons (Fsp3) is 0.417. The molecule has 0 aliphatic heterocycles. The van der Waals surface area contributed by atoms with Crippen molar-refractivity contribution in [1.29, 1.82) is 0 Å². The summed E-state index contributed by atoms with van der Waals surface area (Å²) in [7, 11) is 1.61. The topological polar surface area (TPSA) is 58.6 Å². The van der Waals surface area contributed by atoms with Gasteiger partial charge in [0, 0.05) is 18.1 Å². The minimum atomic E-state index is -0.555. The summed E-state index contributed by atoms with van der Waals surface area (Å²) in [5.74, 6) is 0.812. The van der Waals surface area contributed by atoms with E-state index in [1.807, 2.05) is 63.2 Å². The van der Waals surface area contributed by atoms with E-state index in [9.17, 15) is 9.59 Å². The van der Waals surface area contributed by atoms with Crippen molar-refractivity contribution in [3.63, 3.8) is 0 Å². The highest BCUT2D eigenvalue weighted by Gasteiger charge is 2.29. The zero-order valence-corrected chi connectivity index (χ0v) is 18.9. The third kappa shape index (κ3) is 6.77. The molecule has 0 saturated carbocycles. The summed E-state index contributed by atoms with van der Waals surface area (Å²) in [6.45, 7) is 6.91. The third-order valence-electron chi connectivity index (χ3n) is 4.88. The Morgan fingerprint density at radius 3 is 2.33 bits per heavy atom. The molecular weight excluding hydrogens is 400 g/mol. The van der Waals surface area contributed by atoms with Crippen molar-refractivity contribution >= 4 is 23.4 Å². The molecule has 0 fully saturated rings. The molecule has 2 aromatic carbocycles. The highest BCUT2D eigenvalue weighted by molar-refractivity contribution is 6.31. The molecule has 5 nitrogen and oxygen atoms in total. The zero-order valence-electron chi connectivity index (χ0n) is 18.2. The van der Waals surface area contributed by atoms with Gasteiger partial charge in [0.15, 0.2) is 0 Å². The van der Waals surface area contributed by atoms with Crippen molar-refractivity contribution in [2.75, 3.05) is 13.7 Å². The molecule has 2 amide bonds. The van der Waals surface area contributed by atoms with Crippen molar-refractivity contribution in [3.8, 4) is 5.75 Å². The molecule has 0 aromatic heterocycles. The molecule has 1 unspecified atom stereocenters. The Kier molecular flexibility index (Phi) is 9.18. The van der Waals surface area contributed by atoms with Crippen LogP contribution >= 0.6 is 11.6 Å². The van der Waals surface area contributed by atoms with Crippen LogP contribution in [-0.2, 0) is 22.6 Å². The number of hydrogen-bond acceptors (Lipinski definition) is 3. The van der Waals surface area contributed by atoms with Crippen LogP contribution in [0.15, 0.2) is 48.5 Å². The van der Waals surface area contributed by atoms with Gasteiger partial charge in [-0.1, -0.05) is 62.7 Å². The van der Waals surface area contributed by atoms with E-state index in [0.717, 1.165) is 16.9 Å². The first-order valence-electron chi connectivity index (χ1n) is 10.3. The standard InChI is InChI=1S/C24H31ClN2O3/c1-5-22(24(29)26-15-17(2)3)27(16-18-10-12-20(30-4)13-11-18)23(28)14-19-8-6-7-9-21(19)25/h6-13,17,22H,5,14-16H2,1-4H3,(H,26,29). The molecule has 1 N–H and O–H groups in total. The molecule has 30 heavy (non-hydrogen) atoms. The van der Waals surface area contributed by atoms with Gasteiger partial charge in [0.1, 0.15) is 11.8 Å². The lowest BCUT2D eigenvalue weighted by Gasteiger charge is -2.31. The summed E-state index contributed by atoms with van der Waals surface area (Å²) < 4.78 is 5.22. The van der Waals surface area contributed by atoms with Crippen LogP contribution in [0.3, 0.4) is 0 Å². The summed E-state index contributed by atoms with van der Waals surface area (Å²) in [5.41, 5.74) is 1.68. The van der Waals surface area contributed by atoms with Gasteiger partial charge in [0.25, 0.3) is 0 Å². The number of carbonyl (C=O) groups excluding carboxylic acids is 2. The fourth-order valence-electron chi connectivity index (χ4n) is 3.18. The van der Waals surface area contributed by atoms with Crippen LogP contribution in [0.4, 0.5) is 0 Å². The number of amides is 2. The number of methoxy groups -OCH3 is 1. The van der Waals surface area contributed by atoms with Gasteiger partial charge in [-0.25, -0.2) is 0 Å². The average Bonchev–Trinajstić information content (AvgIpc) is 2.74. The number of carbonyl (C=O) groups is 2. The average molecular weight is 431 g/mol. The number of benzene rings is 2. The zero-order chi connectivity index (χ0) is 22.1. The van der Waals surface area contributed by atoms with Crippen molar-refractivity contribution in [2.24, 2.45) is 5.92 Å². The first-order valence-corrected chi connectivity index (χ1v) is 10.7. The van der Waals surface area contributed by atoms with Gasteiger partial charge in [0.2, 0.25) is 11.8 Å². The lowest BCUT2D eigenvalue weighted by molar-refractivity contribution is -0.141. The highest BCUT2D eigenvalue weighted by atomic mass is 35.5. The Bertz CT molecular complexity index is 837. The second-order valence-electron chi connectivity index (χ2n) is 7.70. The smallest absolute Gasteiger partial charge is 0.242 e. The Hall–Kier alpha value is -2.53. The largest absolute Gasteiger partial charge is 0.497 e. The number of nitrogens with zero attached hydrogens (tertiary/aromatic N) is 1. The van der Waals surface area contributed by atoms with Crippen LogP contribution in [0.1, 0.15) is 38.3 Å². The van der Waals surface area contributed by atoms with Gasteiger partial charge in [-0.3, -0.25) is 9.59 Å². The second-order valence-corrected chi connectivity index (χ2v) is 8.11. The van der Waals surface area contributed by atoms with Gasteiger partial charge in [-0.15, -0.1) is 0 Å². The van der Waals surface area contributed by atoms with E-state index >= 15 is 0 Å². The predicted octanol–water partition coefficient (Wildman–Crippen LogP) is 4.47. The van der Waals surface area contributed by atoms with Gasteiger partial charge in [-0.05, 0) is 41.7 Å². The van der Waals surface area contributed by atoms with Crippen molar-refractivity contribution < 1.29 is 14.3 Å². The third-order valence-corrected chi connectivity index (χ3v) is 5.25. The van der Waals surface area contributed by atoms with E-state index in [1.165, 1.54) is 0 Å². The number of halogens is 1. The molecular formula is C24H31ClN2O3. The lowest BCUT2D eigenvalue weighted by atomic mass is 10.1. The molecule has 2 rings (SSSR count). The number of ether oxygens (including phenoxy) is 1. The Balaban J connectivity index is 2.27. The molecule has 0 radical (unpaired) electrons. The Labute approximate surface area is 184 Å². The van der Waals surface area contributed by atoms with Gasteiger partial charge in [-0.2, -0.15) is 0 Å². The van der Waals surface area contributed by atoms with Crippen LogP contribution < -0.4 is 10.1 Å². The monoisotopic (exact) mass is 430 g/mol. The summed E-state index contributed by atoms with van der Waals surface area (Å²) in [6.07, 6.45) is 0.665. The van der Waals surface area contributed by atoms with Crippen molar-refractivity contribution in [2.45, 2.75) is 46.2 Å². The molecule has 0 aliphatic carbocycles. The minimum Gasteiger partial charge on any atom is -0.497 e. The number of rotatable bonds is 10. The summed E-state index contributed by atoms with van der Waals surface area (Å²) in [6, 6.07) is 14.3. The van der Waals surface area contributed by atoms with Crippen molar-refractivity contribution in [1.82, 2.24) is 10.2 Å². The maximum absolute atomic E-state index is 13.3. The van der Waals surface area contributed by atoms with Crippen LogP contribution in [0.5, 0.6) is 5.75 Å². The highest BCUT2D eigenvalue weighted by Crippen LogP contribution is 2.20. The molecule has 2 aromatic rings. The summed E-state index contributed by atoms with van der Waals surface area (Å²) in [4.78, 5) is 27.8. The number of nitrogens with one attached hydrogen (secondary N) is 1. The molecule has 0 aliphatic rings. The molecule has 0 heterocycles. The van der Waals surface area contributed by atoms with Crippen LogP contribution in [-0.4, -0.2) is 36.4 Å². The summed E-state index contributed by atoms with van der Waals surface area (Å²) in [5, 5.41) is 3.52. The first kappa shape index (κ1) is 23.7. The molecule has 1 atom stereocenters. The Morgan fingerprint density at radius 2 is 1.77 bits per heavy atom. The quantitative estimate of drug-likeness (QED) is 0.605. The van der Waals surface area contributed by atoms with Gasteiger partial charge in [0.05, 0.1) is 13.5 Å². The van der Waals surface area contributed by atoms with E-state index < -0.39 is 6.04 Å². The number of hydrogen-bond donors (Lipinski definition) is 1. The molecule has 0 spiro atoms. The van der Waals surface area contributed by atoms with E-state index in [4.69, 9.17) is 16.3 Å². The summed E-state index contributed by atoms with van der Waals surface area (Å²) >= 11 is 6.26. The predicted molar refractivity (Wildman–Crippen MR) is 121 cm³/mol. The molecule has 0 saturated heterocycles. The van der Waals surface area contributed by atoms with Crippen molar-refractivity contribution in [3.05, 3.63) is 64.7 Å².